The van der Waals surface area contributed by atoms with Gasteiger partial charge in [-0.15, -0.1) is 0 Å². The molecular weight excluding hydrogens is 366 g/mol. The number of thiazole rings is 1. The molecular formula is C19H19N3O4S. The lowest BCUT2D eigenvalue weighted by atomic mass is 10.1. The molecule has 1 aromatic heterocycles. The Morgan fingerprint density at radius 3 is 2.67 bits per heavy atom. The van der Waals surface area contributed by atoms with E-state index in [1.54, 1.807) is 33.3 Å². The molecule has 27 heavy (non-hydrogen) atoms. The van der Waals surface area contributed by atoms with E-state index in [-0.39, 0.29) is 12.5 Å². The zero-order valence-corrected chi connectivity index (χ0v) is 16.0. The van der Waals surface area contributed by atoms with Crippen LogP contribution in [0, 0.1) is 0 Å². The third-order valence-corrected chi connectivity index (χ3v) is 4.69. The van der Waals surface area contributed by atoms with Gasteiger partial charge in [-0.1, -0.05) is 28.6 Å². The Labute approximate surface area is 160 Å². The summed E-state index contributed by atoms with van der Waals surface area (Å²) in [5.41, 5.74) is 2.27. The lowest BCUT2D eigenvalue weighted by Crippen LogP contribution is -2.17. The van der Waals surface area contributed by atoms with Crippen LogP contribution in [0.3, 0.4) is 0 Å². The van der Waals surface area contributed by atoms with Gasteiger partial charge in [-0.2, -0.15) is 0 Å². The van der Waals surface area contributed by atoms with E-state index in [2.05, 4.69) is 15.5 Å². The number of benzene rings is 2. The molecule has 3 rings (SSSR count). The molecule has 0 aliphatic heterocycles. The quantitative estimate of drug-likeness (QED) is 0.495. The second-order valence-corrected chi connectivity index (χ2v) is 6.59. The summed E-state index contributed by atoms with van der Waals surface area (Å²) >= 11 is 1.41. The van der Waals surface area contributed by atoms with Crippen LogP contribution in [0.25, 0.3) is 10.2 Å². The predicted octanol–water partition coefficient (Wildman–Crippen LogP) is 3.69. The van der Waals surface area contributed by atoms with Crippen LogP contribution in [-0.4, -0.2) is 37.4 Å². The summed E-state index contributed by atoms with van der Waals surface area (Å²) in [6.07, 6.45) is 0. The van der Waals surface area contributed by atoms with E-state index in [1.165, 1.54) is 11.3 Å². The number of carbonyl (C=O) groups is 1. The smallest absolute Gasteiger partial charge is 0.266 e. The summed E-state index contributed by atoms with van der Waals surface area (Å²) in [5, 5.41) is 7.24. The lowest BCUT2D eigenvalue weighted by molar-refractivity contribution is -0.120. The molecule has 0 bridgehead atoms. The number of oxime groups is 1. The Kier molecular flexibility index (Phi) is 5.87. The molecule has 1 amide bonds. The number of nitrogens with zero attached hydrogens (tertiary/aromatic N) is 2. The number of aromatic nitrogens is 1. The van der Waals surface area contributed by atoms with Crippen molar-refractivity contribution in [3.8, 4) is 11.5 Å². The first-order valence-electron chi connectivity index (χ1n) is 8.15. The van der Waals surface area contributed by atoms with Crippen LogP contribution < -0.4 is 14.8 Å². The van der Waals surface area contributed by atoms with E-state index in [0.29, 0.717) is 22.3 Å². The highest BCUT2D eigenvalue weighted by Gasteiger charge is 2.09. The van der Waals surface area contributed by atoms with Gasteiger partial charge in [0, 0.05) is 5.56 Å². The molecule has 0 fully saturated rings. The third kappa shape index (κ3) is 4.53. The normalized spacial score (nSPS) is 11.3. The van der Waals surface area contributed by atoms with Crippen molar-refractivity contribution < 1.29 is 19.1 Å². The zero-order chi connectivity index (χ0) is 19.2. The van der Waals surface area contributed by atoms with E-state index < -0.39 is 0 Å². The van der Waals surface area contributed by atoms with Crippen molar-refractivity contribution in [2.75, 3.05) is 26.1 Å². The molecule has 0 atom stereocenters. The molecule has 0 saturated carbocycles. The number of hydrogen-bond donors (Lipinski definition) is 1. The number of hydrogen-bond acceptors (Lipinski definition) is 7. The number of fused-ring (bicyclic) bond motifs is 1. The molecule has 140 valence electrons. The fraction of sp³-hybridized carbons (Fsp3) is 0.211. The second-order valence-electron chi connectivity index (χ2n) is 5.55. The molecule has 0 unspecified atom stereocenters. The van der Waals surface area contributed by atoms with E-state index in [4.69, 9.17) is 14.3 Å². The number of anilines is 1. The molecule has 0 saturated heterocycles. The number of ether oxygens (including phenoxy) is 2. The van der Waals surface area contributed by atoms with Crippen molar-refractivity contribution in [3.05, 3.63) is 48.0 Å². The van der Waals surface area contributed by atoms with Gasteiger partial charge in [-0.05, 0) is 37.3 Å². The van der Waals surface area contributed by atoms with E-state index >= 15 is 0 Å². The van der Waals surface area contributed by atoms with Crippen LogP contribution in [0.5, 0.6) is 11.5 Å². The summed E-state index contributed by atoms with van der Waals surface area (Å²) in [5.74, 6) is 0.904. The van der Waals surface area contributed by atoms with Gasteiger partial charge in [-0.25, -0.2) is 4.98 Å². The fourth-order valence-corrected chi connectivity index (χ4v) is 3.26. The number of methoxy groups -OCH3 is 2. The Morgan fingerprint density at radius 1 is 1.15 bits per heavy atom. The third-order valence-electron chi connectivity index (χ3n) is 3.74. The highest BCUT2D eigenvalue weighted by Crippen LogP contribution is 2.28. The van der Waals surface area contributed by atoms with Crippen LogP contribution in [-0.2, 0) is 9.63 Å². The predicted molar refractivity (Wildman–Crippen MR) is 106 cm³/mol. The van der Waals surface area contributed by atoms with Crippen molar-refractivity contribution in [1.82, 2.24) is 4.98 Å². The van der Waals surface area contributed by atoms with Gasteiger partial charge in [0.15, 0.2) is 23.2 Å². The molecule has 0 aliphatic carbocycles. The van der Waals surface area contributed by atoms with Gasteiger partial charge in [0.1, 0.15) is 0 Å². The van der Waals surface area contributed by atoms with Gasteiger partial charge in [-0.3, -0.25) is 10.1 Å². The number of carbonyl (C=O) groups excluding carboxylic acids is 1. The monoisotopic (exact) mass is 385 g/mol. The first-order valence-corrected chi connectivity index (χ1v) is 8.96. The average molecular weight is 385 g/mol. The average Bonchev–Trinajstić information content (AvgIpc) is 3.09. The van der Waals surface area contributed by atoms with Crippen molar-refractivity contribution in [3.63, 3.8) is 0 Å². The number of rotatable bonds is 7. The largest absolute Gasteiger partial charge is 0.493 e. The Balaban J connectivity index is 1.58. The summed E-state index contributed by atoms with van der Waals surface area (Å²) < 4.78 is 11.5. The molecule has 7 nitrogen and oxygen atoms in total. The van der Waals surface area contributed by atoms with Gasteiger partial charge in [0.25, 0.3) is 5.91 Å². The maximum atomic E-state index is 12.0. The first-order chi connectivity index (χ1) is 13.1. The van der Waals surface area contributed by atoms with Gasteiger partial charge in [0.05, 0.1) is 30.1 Å². The fourth-order valence-electron chi connectivity index (χ4n) is 2.38. The van der Waals surface area contributed by atoms with Crippen molar-refractivity contribution in [2.45, 2.75) is 6.92 Å². The minimum Gasteiger partial charge on any atom is -0.493 e. The van der Waals surface area contributed by atoms with Gasteiger partial charge in [0.2, 0.25) is 0 Å². The van der Waals surface area contributed by atoms with E-state index in [0.717, 1.165) is 15.8 Å². The molecule has 3 aromatic rings. The Hall–Kier alpha value is -3.13. The van der Waals surface area contributed by atoms with Crippen LogP contribution >= 0.6 is 11.3 Å². The Morgan fingerprint density at radius 2 is 1.93 bits per heavy atom. The summed E-state index contributed by atoms with van der Waals surface area (Å²) in [6.45, 7) is 1.58. The first kappa shape index (κ1) is 18.7. The van der Waals surface area contributed by atoms with Crippen LogP contribution in [0.2, 0.25) is 0 Å². The minimum atomic E-state index is -0.321. The number of para-hydroxylation sites is 1. The standard InChI is InChI=1S/C19H19N3O4S/c1-12(13-8-9-15(24-2)16(10-13)25-3)22-26-11-18(23)21-19-20-14-6-4-5-7-17(14)27-19/h4-10H,11H2,1-3H3,(H,20,21,23). The van der Waals surface area contributed by atoms with Gasteiger partial charge < -0.3 is 14.3 Å². The highest BCUT2D eigenvalue weighted by molar-refractivity contribution is 7.22. The van der Waals surface area contributed by atoms with Crippen LogP contribution in [0.15, 0.2) is 47.6 Å². The van der Waals surface area contributed by atoms with Gasteiger partial charge >= 0.3 is 0 Å². The molecule has 0 aliphatic rings. The van der Waals surface area contributed by atoms with Crippen molar-refractivity contribution in [1.29, 1.82) is 0 Å². The topological polar surface area (TPSA) is 82.0 Å². The Bertz CT molecular complexity index is 951. The SMILES string of the molecule is COc1ccc(C(C)=NOCC(=O)Nc2nc3ccccc3s2)cc1OC. The molecule has 8 heteroatoms. The lowest BCUT2D eigenvalue weighted by Gasteiger charge is -2.09. The van der Waals surface area contributed by atoms with Crippen molar-refractivity contribution >= 4 is 38.3 Å². The molecule has 0 spiro atoms. The van der Waals surface area contributed by atoms with E-state index in [9.17, 15) is 4.79 Å². The van der Waals surface area contributed by atoms with Crippen LogP contribution in [0.1, 0.15) is 12.5 Å². The zero-order valence-electron chi connectivity index (χ0n) is 15.2. The minimum absolute atomic E-state index is 0.208. The second kappa shape index (κ2) is 8.50. The van der Waals surface area contributed by atoms with Crippen LogP contribution in [0.4, 0.5) is 5.13 Å². The molecule has 1 heterocycles. The summed E-state index contributed by atoms with van der Waals surface area (Å²) in [7, 11) is 3.14. The molecule has 1 N–H and O–H groups in total. The highest BCUT2D eigenvalue weighted by atomic mass is 32.1. The number of amides is 1. The summed E-state index contributed by atoms with van der Waals surface area (Å²) in [4.78, 5) is 21.5. The summed E-state index contributed by atoms with van der Waals surface area (Å²) in [6, 6.07) is 13.1. The van der Waals surface area contributed by atoms with E-state index in [1.807, 2.05) is 30.3 Å². The maximum absolute atomic E-state index is 12.0. The molecule has 0 radical (unpaired) electrons. The van der Waals surface area contributed by atoms with Crippen molar-refractivity contribution in [2.24, 2.45) is 5.16 Å². The molecule has 2 aromatic carbocycles. The maximum Gasteiger partial charge on any atom is 0.266 e. The number of nitrogens with one attached hydrogen (secondary N) is 1.